The Balaban J connectivity index is 1.89. The fraction of sp³-hybridized carbons (Fsp3) is 0.259. The summed E-state index contributed by atoms with van der Waals surface area (Å²) in [6.45, 7) is 6.76. The SMILES string of the molecule is CCOc1cccc(N2C(=O)C(=O)/C(=C(\O)c3ccc(OCC)cc3OCC)C2c2ccco2)c1. The number of amides is 1. The molecule has 4 rings (SSSR count). The summed E-state index contributed by atoms with van der Waals surface area (Å²) >= 11 is 0. The van der Waals surface area contributed by atoms with Crippen molar-refractivity contribution < 1.29 is 33.3 Å². The molecule has 2 aromatic carbocycles. The van der Waals surface area contributed by atoms with E-state index in [9.17, 15) is 14.7 Å². The van der Waals surface area contributed by atoms with E-state index in [1.807, 2.05) is 20.8 Å². The Morgan fingerprint density at radius 2 is 1.63 bits per heavy atom. The largest absolute Gasteiger partial charge is 0.507 e. The van der Waals surface area contributed by atoms with Gasteiger partial charge in [0.1, 0.15) is 34.8 Å². The first-order chi connectivity index (χ1) is 17.0. The number of nitrogens with zero attached hydrogens (tertiary/aromatic N) is 1. The first-order valence-electron chi connectivity index (χ1n) is 11.5. The van der Waals surface area contributed by atoms with E-state index in [0.717, 1.165) is 0 Å². The third-order valence-electron chi connectivity index (χ3n) is 5.48. The maximum Gasteiger partial charge on any atom is 0.300 e. The number of ketones is 1. The van der Waals surface area contributed by atoms with E-state index >= 15 is 0 Å². The molecule has 8 heteroatoms. The number of aliphatic hydroxyl groups is 1. The average Bonchev–Trinajstić information content (AvgIpc) is 3.47. The first kappa shape index (κ1) is 23.9. The van der Waals surface area contributed by atoms with Crippen LogP contribution in [0.25, 0.3) is 5.76 Å². The molecule has 1 aromatic heterocycles. The second kappa shape index (κ2) is 10.4. The van der Waals surface area contributed by atoms with Crippen molar-refractivity contribution in [3.05, 3.63) is 77.8 Å². The fourth-order valence-corrected chi connectivity index (χ4v) is 4.08. The lowest BCUT2D eigenvalue weighted by Gasteiger charge is -2.24. The van der Waals surface area contributed by atoms with Crippen molar-refractivity contribution in [2.45, 2.75) is 26.8 Å². The molecule has 0 radical (unpaired) electrons. The van der Waals surface area contributed by atoms with Crippen molar-refractivity contribution in [1.82, 2.24) is 0 Å². The molecule has 0 spiro atoms. The molecular formula is C27H27NO7. The Labute approximate surface area is 203 Å². The quantitative estimate of drug-likeness (QED) is 0.260. The van der Waals surface area contributed by atoms with E-state index in [4.69, 9.17) is 18.6 Å². The minimum absolute atomic E-state index is 0.100. The van der Waals surface area contributed by atoms with E-state index in [-0.39, 0.29) is 16.9 Å². The van der Waals surface area contributed by atoms with Crippen LogP contribution in [0, 0.1) is 0 Å². The smallest absolute Gasteiger partial charge is 0.300 e. The van der Waals surface area contributed by atoms with E-state index < -0.39 is 17.7 Å². The molecule has 1 fully saturated rings. The number of rotatable bonds is 9. The molecular weight excluding hydrogens is 450 g/mol. The zero-order valence-electron chi connectivity index (χ0n) is 19.8. The van der Waals surface area contributed by atoms with Gasteiger partial charge < -0.3 is 23.7 Å². The van der Waals surface area contributed by atoms with Gasteiger partial charge in [0.25, 0.3) is 11.7 Å². The van der Waals surface area contributed by atoms with Crippen LogP contribution in [-0.4, -0.2) is 36.6 Å². The van der Waals surface area contributed by atoms with Gasteiger partial charge in [0, 0.05) is 17.8 Å². The molecule has 1 atom stereocenters. The number of aliphatic hydroxyl groups excluding tert-OH is 1. The highest BCUT2D eigenvalue weighted by molar-refractivity contribution is 6.51. The number of hydrogen-bond acceptors (Lipinski definition) is 7. The number of furan rings is 1. The van der Waals surface area contributed by atoms with Crippen LogP contribution in [-0.2, 0) is 9.59 Å². The molecule has 0 saturated carbocycles. The van der Waals surface area contributed by atoms with Crippen LogP contribution in [0.15, 0.2) is 70.9 Å². The van der Waals surface area contributed by atoms with E-state index in [2.05, 4.69) is 0 Å². The molecule has 8 nitrogen and oxygen atoms in total. The summed E-state index contributed by atoms with van der Waals surface area (Å²) in [4.78, 5) is 27.9. The van der Waals surface area contributed by atoms with Gasteiger partial charge in [0.15, 0.2) is 0 Å². The van der Waals surface area contributed by atoms with Crippen LogP contribution in [0.1, 0.15) is 38.1 Å². The zero-order valence-corrected chi connectivity index (χ0v) is 19.8. The number of anilines is 1. The van der Waals surface area contributed by atoms with Crippen LogP contribution in [0.5, 0.6) is 17.2 Å². The summed E-state index contributed by atoms with van der Waals surface area (Å²) in [6, 6.07) is 14.1. The summed E-state index contributed by atoms with van der Waals surface area (Å²) in [6.07, 6.45) is 1.45. The van der Waals surface area contributed by atoms with Crippen LogP contribution >= 0.6 is 0 Å². The van der Waals surface area contributed by atoms with Crippen LogP contribution in [0.2, 0.25) is 0 Å². The maximum absolute atomic E-state index is 13.3. The van der Waals surface area contributed by atoms with Crippen molar-refractivity contribution in [1.29, 1.82) is 0 Å². The van der Waals surface area contributed by atoms with Gasteiger partial charge in [-0.25, -0.2) is 0 Å². The highest BCUT2D eigenvalue weighted by Crippen LogP contribution is 2.44. The summed E-state index contributed by atoms with van der Waals surface area (Å²) < 4.78 is 22.5. The highest BCUT2D eigenvalue weighted by Gasteiger charge is 2.48. The number of carbonyl (C=O) groups is 2. The molecule has 1 saturated heterocycles. The molecule has 1 amide bonds. The summed E-state index contributed by atoms with van der Waals surface area (Å²) in [7, 11) is 0. The van der Waals surface area contributed by atoms with Gasteiger partial charge in [-0.1, -0.05) is 6.07 Å². The Kier molecular flexibility index (Phi) is 7.10. The van der Waals surface area contributed by atoms with Crippen LogP contribution in [0.4, 0.5) is 5.69 Å². The number of Topliss-reactive ketones (excluding diaryl/α,β-unsaturated/α-hetero) is 1. The van der Waals surface area contributed by atoms with Crippen molar-refractivity contribution in [2.24, 2.45) is 0 Å². The van der Waals surface area contributed by atoms with Gasteiger partial charge in [0.05, 0.1) is 37.2 Å². The van der Waals surface area contributed by atoms with E-state index in [0.29, 0.717) is 48.5 Å². The zero-order chi connectivity index (χ0) is 24.9. The summed E-state index contributed by atoms with van der Waals surface area (Å²) in [5.74, 6) is -0.207. The molecule has 1 aliphatic rings. The van der Waals surface area contributed by atoms with Crippen molar-refractivity contribution in [3.63, 3.8) is 0 Å². The number of hydrogen-bond donors (Lipinski definition) is 1. The lowest BCUT2D eigenvalue weighted by molar-refractivity contribution is -0.132. The average molecular weight is 478 g/mol. The summed E-state index contributed by atoms with van der Waals surface area (Å²) in [5.41, 5.74) is 0.611. The third kappa shape index (κ3) is 4.59. The van der Waals surface area contributed by atoms with Crippen molar-refractivity contribution in [3.8, 4) is 17.2 Å². The van der Waals surface area contributed by atoms with E-state index in [1.165, 1.54) is 11.2 Å². The Morgan fingerprint density at radius 1 is 0.914 bits per heavy atom. The fourth-order valence-electron chi connectivity index (χ4n) is 4.08. The Morgan fingerprint density at radius 3 is 2.29 bits per heavy atom. The standard InChI is InChI=1S/C27H27NO7/c1-4-32-18-10-7-9-17(15-18)28-24(21-11-8-14-35-21)23(26(30)27(28)31)25(29)20-13-12-19(33-5-2)16-22(20)34-6-3/h7-16,24,29H,4-6H2,1-3H3/b25-23-. The molecule has 1 unspecified atom stereocenters. The highest BCUT2D eigenvalue weighted by atomic mass is 16.5. The van der Waals surface area contributed by atoms with Crippen molar-refractivity contribution in [2.75, 3.05) is 24.7 Å². The van der Waals surface area contributed by atoms with Crippen LogP contribution < -0.4 is 19.1 Å². The molecule has 2 heterocycles. The Bertz CT molecular complexity index is 1250. The lowest BCUT2D eigenvalue weighted by Crippen LogP contribution is -2.29. The molecule has 0 aliphatic carbocycles. The van der Waals surface area contributed by atoms with Crippen molar-refractivity contribution >= 4 is 23.1 Å². The molecule has 182 valence electrons. The molecule has 0 bridgehead atoms. The normalized spacial score (nSPS) is 17.0. The van der Waals surface area contributed by atoms with Gasteiger partial charge in [-0.15, -0.1) is 0 Å². The number of carbonyl (C=O) groups excluding carboxylic acids is 2. The van der Waals surface area contributed by atoms with Gasteiger partial charge in [-0.2, -0.15) is 0 Å². The predicted molar refractivity (Wildman–Crippen MR) is 130 cm³/mol. The number of benzene rings is 2. The first-order valence-corrected chi connectivity index (χ1v) is 11.5. The van der Waals surface area contributed by atoms with E-state index in [1.54, 1.807) is 54.6 Å². The summed E-state index contributed by atoms with van der Waals surface area (Å²) in [5, 5.41) is 11.4. The third-order valence-corrected chi connectivity index (χ3v) is 5.48. The van der Waals surface area contributed by atoms with Gasteiger partial charge in [0.2, 0.25) is 0 Å². The Hall–Kier alpha value is -4.20. The minimum Gasteiger partial charge on any atom is -0.507 e. The molecule has 35 heavy (non-hydrogen) atoms. The second-order valence-electron chi connectivity index (χ2n) is 7.64. The lowest BCUT2D eigenvalue weighted by atomic mass is 9.98. The molecule has 1 N–H and O–H groups in total. The van der Waals surface area contributed by atoms with Crippen LogP contribution in [0.3, 0.4) is 0 Å². The number of ether oxygens (including phenoxy) is 3. The molecule has 1 aliphatic heterocycles. The predicted octanol–water partition coefficient (Wildman–Crippen LogP) is 5.10. The minimum atomic E-state index is -0.983. The monoisotopic (exact) mass is 477 g/mol. The van der Waals surface area contributed by atoms with Gasteiger partial charge >= 0.3 is 0 Å². The topological polar surface area (TPSA) is 98.4 Å². The molecule has 3 aromatic rings. The second-order valence-corrected chi connectivity index (χ2v) is 7.64. The van der Waals surface area contributed by atoms with Gasteiger partial charge in [-0.05, 0) is 57.2 Å². The van der Waals surface area contributed by atoms with Gasteiger partial charge in [-0.3, -0.25) is 14.5 Å². The maximum atomic E-state index is 13.3.